The molecule has 24 atom stereocenters. The van der Waals surface area contributed by atoms with Crippen LogP contribution in [0.15, 0.2) is 11.6 Å². The van der Waals surface area contributed by atoms with E-state index in [-0.39, 0.29) is 40.6 Å². The van der Waals surface area contributed by atoms with Gasteiger partial charge in [0.25, 0.3) is 0 Å². The Kier molecular flexibility index (Phi) is 13.0. The number of hydrogen-bond acceptors (Lipinski definition) is 16. The van der Waals surface area contributed by atoms with Gasteiger partial charge in [0.15, 0.2) is 18.9 Å². The lowest BCUT2D eigenvalue weighted by Gasteiger charge is -2.72. The van der Waals surface area contributed by atoms with Gasteiger partial charge < -0.3 is 79.5 Å². The lowest BCUT2D eigenvalue weighted by atomic mass is 9.33. The average molecular weight is 913 g/mol. The molecule has 366 valence electrons. The number of aliphatic hydroxyl groups excluding tert-OH is 8. The van der Waals surface area contributed by atoms with Crippen molar-refractivity contribution in [1.29, 1.82) is 0 Å². The van der Waals surface area contributed by atoms with Crippen LogP contribution in [0.4, 0.5) is 0 Å². The number of hydrogen-bond donors (Lipinski definition) is 10. The second kappa shape index (κ2) is 16.9. The summed E-state index contributed by atoms with van der Waals surface area (Å²) in [6, 6.07) is 0. The van der Waals surface area contributed by atoms with E-state index in [0.717, 1.165) is 37.7 Å². The fourth-order valence-corrected chi connectivity index (χ4v) is 15.0. The predicted octanol–water partition coefficient (Wildman–Crippen LogP) is 1.34. The standard InChI is InChI=1S/C47H76O17/c1-21-11-16-47(41(56)57)18-17-44(6)23(37(47)46(21,8)58)9-10-27-43(5)14-13-28(42(3,4)26(43)12-15-45(27,44)7)62-39-35(30(51)24(49)20-59-39)64-40-36(33(54)31(52)25(19-48)61-40)63-38-34(55)32(53)29(50)22(2)60-38/h9,21-22,24-40,48-55,58H,10-20H2,1-8H3,(H,56,57)/t21-,22+,24-,25-,26+,27-,28+,29+,30+,31-,32-,33+,34-,35-,36-,37-,38+,39+,40+,43+,44-,45-,46-,47+/m1/s1. The SMILES string of the molecule is C[C@@H]1O[C@@H](O[C@H]2[C@H](O[C@H]3[C@H](O[C@H]4CC[C@]5(C)[C@H]6CC=C7[C@H]8[C@](C(=O)O)(CC[C@@H](C)[C@@]8(C)O)CC[C@@]7(C)[C@]6(C)CC[C@H]5C4(C)C)OC[C@@H](O)[C@@H]3O)O[C@H](CO)[C@@H](O)[C@@H]2O)[C@H](O)[C@H](O)[C@H]1O. The van der Waals surface area contributed by atoms with Crippen molar-refractivity contribution in [3.05, 3.63) is 11.6 Å². The lowest BCUT2D eigenvalue weighted by molar-refractivity contribution is -0.392. The van der Waals surface area contributed by atoms with Gasteiger partial charge in [-0.1, -0.05) is 53.2 Å². The van der Waals surface area contributed by atoms with Crippen molar-refractivity contribution in [1.82, 2.24) is 0 Å². The molecule has 0 spiro atoms. The summed E-state index contributed by atoms with van der Waals surface area (Å²) in [5.74, 6) is -0.871. The van der Waals surface area contributed by atoms with E-state index >= 15 is 0 Å². The molecule has 0 radical (unpaired) electrons. The Bertz CT molecular complexity index is 1760. The predicted molar refractivity (Wildman–Crippen MR) is 225 cm³/mol. The largest absolute Gasteiger partial charge is 0.481 e. The zero-order chi connectivity index (χ0) is 46.9. The number of carbonyl (C=O) groups is 1. The van der Waals surface area contributed by atoms with Crippen LogP contribution in [0.25, 0.3) is 0 Å². The number of fused-ring (bicyclic) bond motifs is 7. The molecule has 0 bridgehead atoms. The van der Waals surface area contributed by atoms with Gasteiger partial charge in [-0.15, -0.1) is 0 Å². The summed E-state index contributed by atoms with van der Waals surface area (Å²) >= 11 is 0. The molecule has 0 amide bonds. The minimum atomic E-state index is -1.80. The zero-order valence-electron chi connectivity index (χ0n) is 38.7. The van der Waals surface area contributed by atoms with E-state index in [1.54, 1.807) is 0 Å². The van der Waals surface area contributed by atoms with Crippen molar-refractivity contribution in [3.8, 4) is 0 Å². The summed E-state index contributed by atoms with van der Waals surface area (Å²) in [4.78, 5) is 13.2. The molecule has 0 aromatic rings. The smallest absolute Gasteiger partial charge is 0.310 e. The summed E-state index contributed by atoms with van der Waals surface area (Å²) in [5, 5.41) is 109. The molecule has 0 aromatic heterocycles. The van der Waals surface area contributed by atoms with Gasteiger partial charge in [0, 0.05) is 5.92 Å². The highest BCUT2D eigenvalue weighted by molar-refractivity contribution is 5.77. The van der Waals surface area contributed by atoms with Gasteiger partial charge in [0.1, 0.15) is 61.0 Å². The second-order valence-electron chi connectivity index (χ2n) is 22.7. The normalized spacial score (nSPS) is 56.1. The average Bonchev–Trinajstić information content (AvgIpc) is 3.23. The maximum Gasteiger partial charge on any atom is 0.310 e. The van der Waals surface area contributed by atoms with Crippen LogP contribution < -0.4 is 0 Å². The number of aliphatic carboxylic acids is 1. The van der Waals surface area contributed by atoms with E-state index in [1.165, 1.54) is 6.92 Å². The first-order chi connectivity index (χ1) is 29.8. The van der Waals surface area contributed by atoms with Crippen LogP contribution in [0, 0.1) is 50.7 Å². The first-order valence-electron chi connectivity index (χ1n) is 23.7. The highest BCUT2D eigenvalue weighted by Crippen LogP contribution is 2.76. The molecule has 64 heavy (non-hydrogen) atoms. The molecule has 3 heterocycles. The highest BCUT2D eigenvalue weighted by Gasteiger charge is 2.71. The van der Waals surface area contributed by atoms with Gasteiger partial charge in [0.2, 0.25) is 0 Å². The Labute approximate surface area is 376 Å². The molecule has 7 fully saturated rings. The molecule has 0 aromatic carbocycles. The molecule has 10 N–H and O–H groups in total. The quantitative estimate of drug-likeness (QED) is 0.122. The Morgan fingerprint density at radius 2 is 1.39 bits per heavy atom. The topological polar surface area (TPSA) is 275 Å². The summed E-state index contributed by atoms with van der Waals surface area (Å²) in [6.45, 7) is 15.9. The molecule has 3 aliphatic heterocycles. The lowest BCUT2D eigenvalue weighted by Crippen LogP contribution is -2.68. The molecular weight excluding hydrogens is 837 g/mol. The fraction of sp³-hybridized carbons (Fsp3) is 0.936. The van der Waals surface area contributed by atoms with Crippen LogP contribution in [-0.4, -0.2) is 168 Å². The molecule has 17 heteroatoms. The highest BCUT2D eigenvalue weighted by atomic mass is 16.8. The van der Waals surface area contributed by atoms with Crippen molar-refractivity contribution >= 4 is 5.97 Å². The van der Waals surface area contributed by atoms with Crippen molar-refractivity contribution in [2.75, 3.05) is 13.2 Å². The van der Waals surface area contributed by atoms with Crippen molar-refractivity contribution in [3.63, 3.8) is 0 Å². The van der Waals surface area contributed by atoms with Crippen molar-refractivity contribution < 1.29 is 84.3 Å². The van der Waals surface area contributed by atoms with Gasteiger partial charge in [-0.25, -0.2) is 0 Å². The van der Waals surface area contributed by atoms with Gasteiger partial charge in [-0.2, -0.15) is 0 Å². The molecule has 8 aliphatic rings. The molecule has 8 rings (SSSR count). The summed E-state index contributed by atoms with van der Waals surface area (Å²) in [6.07, 6.45) is -13.0. The third-order valence-corrected chi connectivity index (χ3v) is 19.4. The summed E-state index contributed by atoms with van der Waals surface area (Å²) in [5.41, 5.74) is -2.10. The minimum absolute atomic E-state index is 0.0348. The Morgan fingerprint density at radius 3 is 2.06 bits per heavy atom. The number of rotatable bonds is 8. The number of aliphatic hydroxyl groups is 9. The molecule has 5 aliphatic carbocycles. The molecule has 17 nitrogen and oxygen atoms in total. The van der Waals surface area contributed by atoms with Crippen molar-refractivity contribution in [2.45, 2.75) is 211 Å². The van der Waals surface area contributed by atoms with E-state index in [4.69, 9.17) is 28.4 Å². The minimum Gasteiger partial charge on any atom is -0.481 e. The summed E-state index contributed by atoms with van der Waals surface area (Å²) < 4.78 is 36.6. The van der Waals surface area contributed by atoms with E-state index in [0.29, 0.717) is 25.7 Å². The molecule has 3 saturated heterocycles. The van der Waals surface area contributed by atoms with Crippen LogP contribution in [0.3, 0.4) is 0 Å². The maximum atomic E-state index is 13.2. The van der Waals surface area contributed by atoms with Crippen molar-refractivity contribution in [2.24, 2.45) is 50.7 Å². The van der Waals surface area contributed by atoms with Gasteiger partial charge in [0.05, 0.1) is 36.4 Å². The zero-order valence-corrected chi connectivity index (χ0v) is 38.7. The van der Waals surface area contributed by atoms with Crippen LogP contribution in [0.2, 0.25) is 0 Å². The molecular formula is C47H76O17. The molecule has 0 unspecified atom stereocenters. The Morgan fingerprint density at radius 1 is 0.719 bits per heavy atom. The fourth-order valence-electron chi connectivity index (χ4n) is 15.0. The number of allylic oxidation sites excluding steroid dienone is 1. The van der Waals surface area contributed by atoms with Crippen LogP contribution >= 0.6 is 0 Å². The van der Waals surface area contributed by atoms with Crippen LogP contribution in [-0.2, 0) is 33.2 Å². The third-order valence-electron chi connectivity index (χ3n) is 19.4. The van der Waals surface area contributed by atoms with Crippen LogP contribution in [0.1, 0.15) is 113 Å². The van der Waals surface area contributed by atoms with E-state index in [2.05, 4.69) is 40.7 Å². The monoisotopic (exact) mass is 913 g/mol. The number of carboxylic acid groups (broad SMARTS) is 1. The number of carboxylic acids is 1. The van der Waals surface area contributed by atoms with E-state index < -0.39 is 127 Å². The Hall–Kier alpha value is -1.39. The Balaban J connectivity index is 1.04. The van der Waals surface area contributed by atoms with E-state index in [9.17, 15) is 55.9 Å². The van der Waals surface area contributed by atoms with Gasteiger partial charge in [-0.3, -0.25) is 4.79 Å². The second-order valence-corrected chi connectivity index (χ2v) is 22.7. The first kappa shape index (κ1) is 49.0. The van der Waals surface area contributed by atoms with Crippen LogP contribution in [0.5, 0.6) is 0 Å². The third kappa shape index (κ3) is 7.23. The van der Waals surface area contributed by atoms with Gasteiger partial charge in [-0.05, 0) is 111 Å². The molecule has 4 saturated carbocycles. The maximum absolute atomic E-state index is 13.2. The summed E-state index contributed by atoms with van der Waals surface area (Å²) in [7, 11) is 0. The van der Waals surface area contributed by atoms with Gasteiger partial charge >= 0.3 is 5.97 Å². The number of ether oxygens (including phenoxy) is 6. The first-order valence-corrected chi connectivity index (χ1v) is 23.7. The van der Waals surface area contributed by atoms with E-state index in [1.807, 2.05) is 13.8 Å².